The highest BCUT2D eigenvalue weighted by Crippen LogP contribution is 2.19. The Morgan fingerprint density at radius 2 is 2.05 bits per heavy atom. The molecular formula is C12H13N7. The van der Waals surface area contributed by atoms with Crippen molar-refractivity contribution in [3.05, 3.63) is 48.5 Å². The van der Waals surface area contributed by atoms with Crippen LogP contribution in [0, 0.1) is 0 Å². The van der Waals surface area contributed by atoms with Crippen LogP contribution in [0.15, 0.2) is 42.9 Å². The SMILES string of the molecule is Cn1nncc1CNc1ccccc1-n1ccnn1. The maximum Gasteiger partial charge on any atom is 0.0894 e. The fourth-order valence-electron chi connectivity index (χ4n) is 1.82. The third-order valence-corrected chi connectivity index (χ3v) is 2.84. The van der Waals surface area contributed by atoms with E-state index in [9.17, 15) is 0 Å². The summed E-state index contributed by atoms with van der Waals surface area (Å²) in [5.74, 6) is 0. The van der Waals surface area contributed by atoms with Gasteiger partial charge in [-0.15, -0.1) is 10.2 Å². The van der Waals surface area contributed by atoms with Crippen LogP contribution in [0.1, 0.15) is 5.69 Å². The summed E-state index contributed by atoms with van der Waals surface area (Å²) in [5, 5.41) is 18.9. The van der Waals surface area contributed by atoms with Crippen molar-refractivity contribution in [3.8, 4) is 5.69 Å². The van der Waals surface area contributed by atoms with Crippen LogP contribution in [-0.4, -0.2) is 30.0 Å². The van der Waals surface area contributed by atoms with E-state index in [1.807, 2.05) is 37.5 Å². The molecule has 0 bridgehead atoms. The van der Waals surface area contributed by atoms with E-state index in [1.165, 1.54) is 0 Å². The van der Waals surface area contributed by atoms with Gasteiger partial charge in [0.15, 0.2) is 0 Å². The van der Waals surface area contributed by atoms with Gasteiger partial charge in [0.05, 0.1) is 42.2 Å². The van der Waals surface area contributed by atoms with Crippen molar-refractivity contribution >= 4 is 5.69 Å². The molecule has 7 heteroatoms. The summed E-state index contributed by atoms with van der Waals surface area (Å²) in [5.41, 5.74) is 2.94. The molecule has 2 aromatic heterocycles. The van der Waals surface area contributed by atoms with Crippen molar-refractivity contribution in [1.82, 2.24) is 30.0 Å². The Morgan fingerprint density at radius 1 is 1.16 bits per heavy atom. The van der Waals surface area contributed by atoms with E-state index < -0.39 is 0 Å². The Balaban J connectivity index is 1.84. The van der Waals surface area contributed by atoms with Crippen LogP contribution < -0.4 is 5.32 Å². The van der Waals surface area contributed by atoms with E-state index in [1.54, 1.807) is 21.8 Å². The van der Waals surface area contributed by atoms with Gasteiger partial charge < -0.3 is 5.32 Å². The standard InChI is InChI=1S/C12H13N7/c1-18-10(9-15-16-18)8-13-11-4-2-3-5-12(11)19-7-6-14-17-19/h2-7,9,13H,8H2,1H3. The van der Waals surface area contributed by atoms with Gasteiger partial charge in [-0.1, -0.05) is 22.6 Å². The molecule has 3 aromatic rings. The normalized spacial score (nSPS) is 10.6. The summed E-state index contributed by atoms with van der Waals surface area (Å²) in [4.78, 5) is 0. The van der Waals surface area contributed by atoms with Crippen molar-refractivity contribution in [1.29, 1.82) is 0 Å². The van der Waals surface area contributed by atoms with Crippen molar-refractivity contribution < 1.29 is 0 Å². The lowest BCUT2D eigenvalue weighted by atomic mass is 10.2. The summed E-state index contributed by atoms with van der Waals surface area (Å²) in [6.45, 7) is 0.648. The second-order valence-electron chi connectivity index (χ2n) is 4.07. The van der Waals surface area contributed by atoms with E-state index >= 15 is 0 Å². The molecule has 0 aliphatic carbocycles. The Hall–Kier alpha value is -2.70. The van der Waals surface area contributed by atoms with Gasteiger partial charge in [0, 0.05) is 7.05 Å². The molecule has 0 fully saturated rings. The van der Waals surface area contributed by atoms with Crippen molar-refractivity contribution in [2.45, 2.75) is 6.54 Å². The average Bonchev–Trinajstić information content (AvgIpc) is 3.08. The van der Waals surface area contributed by atoms with Gasteiger partial charge in [-0.25, -0.2) is 4.68 Å². The third-order valence-electron chi connectivity index (χ3n) is 2.84. The lowest BCUT2D eigenvalue weighted by Gasteiger charge is -2.11. The minimum absolute atomic E-state index is 0.648. The number of nitrogens with zero attached hydrogens (tertiary/aromatic N) is 6. The van der Waals surface area contributed by atoms with Gasteiger partial charge in [-0.2, -0.15) is 0 Å². The van der Waals surface area contributed by atoms with Gasteiger partial charge in [0.2, 0.25) is 0 Å². The molecule has 1 aromatic carbocycles. The van der Waals surface area contributed by atoms with Gasteiger partial charge >= 0.3 is 0 Å². The van der Waals surface area contributed by atoms with Crippen LogP contribution in [0.4, 0.5) is 5.69 Å². The highest BCUT2D eigenvalue weighted by Gasteiger charge is 2.05. The number of para-hydroxylation sites is 2. The summed E-state index contributed by atoms with van der Waals surface area (Å²) in [6.07, 6.45) is 5.21. The Kier molecular flexibility index (Phi) is 2.93. The summed E-state index contributed by atoms with van der Waals surface area (Å²) < 4.78 is 3.47. The van der Waals surface area contributed by atoms with Crippen molar-refractivity contribution in [3.63, 3.8) is 0 Å². The Morgan fingerprint density at radius 3 is 2.79 bits per heavy atom. The molecule has 96 valence electrons. The van der Waals surface area contributed by atoms with Crippen LogP contribution in [0.2, 0.25) is 0 Å². The van der Waals surface area contributed by atoms with Crippen LogP contribution in [0.3, 0.4) is 0 Å². The molecule has 0 saturated carbocycles. The summed E-state index contributed by atoms with van der Waals surface area (Å²) in [6, 6.07) is 7.93. The van der Waals surface area contributed by atoms with Crippen LogP contribution in [0.5, 0.6) is 0 Å². The first-order valence-electron chi connectivity index (χ1n) is 5.88. The summed E-state index contributed by atoms with van der Waals surface area (Å²) in [7, 11) is 1.87. The van der Waals surface area contributed by atoms with Crippen LogP contribution in [-0.2, 0) is 13.6 Å². The largest absolute Gasteiger partial charge is 0.378 e. The predicted octanol–water partition coefficient (Wildman–Crippen LogP) is 1.01. The number of nitrogens with one attached hydrogen (secondary N) is 1. The average molecular weight is 255 g/mol. The van der Waals surface area contributed by atoms with Gasteiger partial charge in [0.1, 0.15) is 0 Å². The maximum atomic E-state index is 4.01. The maximum absolute atomic E-state index is 4.01. The minimum atomic E-state index is 0.648. The fraction of sp³-hybridized carbons (Fsp3) is 0.167. The molecule has 2 heterocycles. The number of aryl methyl sites for hydroxylation is 1. The molecule has 0 radical (unpaired) electrons. The smallest absolute Gasteiger partial charge is 0.0894 e. The Bertz CT molecular complexity index is 656. The highest BCUT2D eigenvalue weighted by atomic mass is 15.4. The molecule has 1 N–H and O–H groups in total. The number of hydrogen-bond donors (Lipinski definition) is 1. The molecule has 0 aliphatic rings. The molecule has 3 rings (SSSR count). The van der Waals surface area contributed by atoms with Gasteiger partial charge in [0.25, 0.3) is 0 Å². The second kappa shape index (κ2) is 4.89. The molecular weight excluding hydrogens is 242 g/mol. The van der Waals surface area contributed by atoms with E-state index in [0.717, 1.165) is 17.1 Å². The van der Waals surface area contributed by atoms with Crippen molar-refractivity contribution in [2.24, 2.45) is 7.05 Å². The molecule has 19 heavy (non-hydrogen) atoms. The molecule has 0 spiro atoms. The predicted molar refractivity (Wildman–Crippen MR) is 69.7 cm³/mol. The van der Waals surface area contributed by atoms with E-state index in [0.29, 0.717) is 6.54 Å². The molecule has 0 atom stereocenters. The first-order chi connectivity index (χ1) is 9.34. The van der Waals surface area contributed by atoms with E-state index in [4.69, 9.17) is 0 Å². The monoisotopic (exact) mass is 255 g/mol. The topological polar surface area (TPSA) is 73.5 Å². The van der Waals surface area contributed by atoms with Gasteiger partial charge in [-0.3, -0.25) is 4.68 Å². The zero-order valence-electron chi connectivity index (χ0n) is 10.4. The minimum Gasteiger partial charge on any atom is -0.378 e. The molecule has 7 nitrogen and oxygen atoms in total. The molecule has 0 amide bonds. The lowest BCUT2D eigenvalue weighted by Crippen LogP contribution is -2.08. The molecule has 0 saturated heterocycles. The third kappa shape index (κ3) is 2.30. The van der Waals surface area contributed by atoms with E-state index in [2.05, 4.69) is 25.9 Å². The molecule has 0 unspecified atom stereocenters. The number of benzene rings is 1. The quantitative estimate of drug-likeness (QED) is 0.753. The number of aromatic nitrogens is 6. The van der Waals surface area contributed by atoms with Gasteiger partial charge in [-0.05, 0) is 12.1 Å². The lowest BCUT2D eigenvalue weighted by molar-refractivity contribution is 0.683. The highest BCUT2D eigenvalue weighted by molar-refractivity contribution is 5.60. The zero-order valence-corrected chi connectivity index (χ0v) is 10.4. The number of rotatable bonds is 4. The van der Waals surface area contributed by atoms with E-state index in [-0.39, 0.29) is 0 Å². The summed E-state index contributed by atoms with van der Waals surface area (Å²) >= 11 is 0. The number of hydrogen-bond acceptors (Lipinski definition) is 5. The second-order valence-corrected chi connectivity index (χ2v) is 4.07. The number of anilines is 1. The van der Waals surface area contributed by atoms with Crippen LogP contribution in [0.25, 0.3) is 5.69 Å². The Labute approximate surface area is 109 Å². The van der Waals surface area contributed by atoms with Crippen molar-refractivity contribution in [2.75, 3.05) is 5.32 Å². The fourth-order valence-corrected chi connectivity index (χ4v) is 1.82. The molecule has 0 aliphatic heterocycles. The van der Waals surface area contributed by atoms with Crippen LogP contribution >= 0.6 is 0 Å². The first kappa shape index (κ1) is 11.4. The first-order valence-corrected chi connectivity index (χ1v) is 5.88. The zero-order chi connectivity index (χ0) is 13.1.